The molecule has 3 saturated heterocycles. The molecular formula is C32H44N4O7. The Balaban J connectivity index is 0.949. The molecule has 6 rings (SSSR count). The maximum absolute atomic E-state index is 13.0. The van der Waals surface area contributed by atoms with Crippen molar-refractivity contribution in [1.82, 2.24) is 20.0 Å². The molecule has 4 fully saturated rings. The van der Waals surface area contributed by atoms with Gasteiger partial charge < -0.3 is 24.4 Å². The molecular weight excluding hydrogens is 552 g/mol. The van der Waals surface area contributed by atoms with Crippen molar-refractivity contribution >= 4 is 23.8 Å². The second kappa shape index (κ2) is 11.4. The van der Waals surface area contributed by atoms with E-state index in [1.54, 1.807) is 18.2 Å². The van der Waals surface area contributed by atoms with Crippen LogP contribution in [0.2, 0.25) is 0 Å². The third kappa shape index (κ3) is 6.24. The van der Waals surface area contributed by atoms with Gasteiger partial charge in [-0.2, -0.15) is 0 Å². The number of carbonyl (C=O) groups excluding carboxylic acids is 4. The number of aliphatic hydroxyl groups is 1. The highest BCUT2D eigenvalue weighted by Crippen LogP contribution is 2.51. The molecule has 0 aromatic heterocycles. The number of aliphatic hydroxyl groups excluding tert-OH is 1. The summed E-state index contributed by atoms with van der Waals surface area (Å²) in [5.41, 5.74) is 0.647. The topological polar surface area (TPSA) is 129 Å². The zero-order valence-corrected chi connectivity index (χ0v) is 25.5. The van der Waals surface area contributed by atoms with Crippen LogP contribution in [0.15, 0.2) is 18.2 Å². The molecule has 5 aliphatic rings. The fourth-order valence-corrected chi connectivity index (χ4v) is 7.47. The van der Waals surface area contributed by atoms with Crippen LogP contribution in [0.25, 0.3) is 0 Å². The van der Waals surface area contributed by atoms with Crippen LogP contribution < -0.4 is 10.1 Å². The summed E-state index contributed by atoms with van der Waals surface area (Å²) < 4.78 is 11.8. The van der Waals surface area contributed by atoms with E-state index in [9.17, 15) is 24.3 Å². The SMILES string of the molecule is CC(C)(C)OC(=O)N1CCC(CN2CCC3(CC2)CC(Oc2ccc4c(c2)C(O)N(C2CCC(=O)NC2=O)C4=O)C3)CC1. The standard InChI is InChI=1S/C32H44N4O7/c1-31(2,3)43-30(41)35-12-8-20(9-13-35)19-34-14-10-32(11-15-34)17-22(18-32)42-21-4-5-23-24(16-21)29(40)36(28(23)39)25-6-7-26(37)33-27(25)38/h4-5,16,20,22,25,29,40H,6-15,17-19H2,1-3H3,(H,33,37,38). The average Bonchev–Trinajstić information content (AvgIpc) is 3.17. The van der Waals surface area contributed by atoms with Gasteiger partial charge in [0.1, 0.15) is 17.4 Å². The van der Waals surface area contributed by atoms with Crippen molar-refractivity contribution < 1.29 is 33.8 Å². The number of amides is 4. The second-order valence-corrected chi connectivity index (χ2v) is 14.2. The lowest BCUT2D eigenvalue weighted by molar-refractivity contribution is -0.139. The first-order valence-corrected chi connectivity index (χ1v) is 15.8. The maximum atomic E-state index is 13.0. The Labute approximate surface area is 252 Å². The summed E-state index contributed by atoms with van der Waals surface area (Å²) in [4.78, 5) is 54.9. The van der Waals surface area contributed by atoms with Crippen LogP contribution >= 0.6 is 0 Å². The monoisotopic (exact) mass is 596 g/mol. The van der Waals surface area contributed by atoms with Gasteiger partial charge in [0.05, 0.1) is 6.10 Å². The second-order valence-electron chi connectivity index (χ2n) is 14.2. The zero-order valence-electron chi connectivity index (χ0n) is 25.5. The highest BCUT2D eigenvalue weighted by atomic mass is 16.6. The lowest BCUT2D eigenvalue weighted by Gasteiger charge is -2.52. The number of piperidine rings is 3. The van der Waals surface area contributed by atoms with E-state index in [2.05, 4.69) is 10.2 Å². The van der Waals surface area contributed by atoms with E-state index in [-0.39, 0.29) is 30.9 Å². The normalized spacial score (nSPS) is 26.7. The van der Waals surface area contributed by atoms with E-state index in [4.69, 9.17) is 9.47 Å². The summed E-state index contributed by atoms with van der Waals surface area (Å²) in [6.07, 6.45) is 5.31. The van der Waals surface area contributed by atoms with Crippen LogP contribution in [-0.2, 0) is 14.3 Å². The van der Waals surface area contributed by atoms with Crippen molar-refractivity contribution in [1.29, 1.82) is 0 Å². The molecule has 1 spiro atoms. The van der Waals surface area contributed by atoms with Crippen LogP contribution in [0, 0.1) is 11.3 Å². The number of imide groups is 1. The van der Waals surface area contributed by atoms with Gasteiger partial charge in [0.25, 0.3) is 5.91 Å². The summed E-state index contributed by atoms with van der Waals surface area (Å²) in [7, 11) is 0. The van der Waals surface area contributed by atoms with E-state index in [0.29, 0.717) is 28.2 Å². The predicted molar refractivity (Wildman–Crippen MR) is 156 cm³/mol. The maximum Gasteiger partial charge on any atom is 0.410 e. The van der Waals surface area contributed by atoms with Crippen molar-refractivity contribution in [3.8, 4) is 5.75 Å². The molecule has 0 bridgehead atoms. The van der Waals surface area contributed by atoms with E-state index in [0.717, 1.165) is 71.2 Å². The lowest BCUT2D eigenvalue weighted by atomic mass is 9.61. The fourth-order valence-electron chi connectivity index (χ4n) is 7.47. The number of hydrogen-bond donors (Lipinski definition) is 2. The predicted octanol–water partition coefficient (Wildman–Crippen LogP) is 3.21. The molecule has 4 aliphatic heterocycles. The Morgan fingerprint density at radius 2 is 1.74 bits per heavy atom. The van der Waals surface area contributed by atoms with Crippen molar-refractivity contribution in [3.05, 3.63) is 29.3 Å². The van der Waals surface area contributed by atoms with Gasteiger partial charge in [-0.15, -0.1) is 0 Å². The smallest absolute Gasteiger partial charge is 0.410 e. The minimum atomic E-state index is -1.25. The number of benzene rings is 1. The molecule has 4 heterocycles. The molecule has 1 saturated carbocycles. The van der Waals surface area contributed by atoms with Gasteiger partial charge in [-0.3, -0.25) is 24.6 Å². The molecule has 11 nitrogen and oxygen atoms in total. The highest BCUT2D eigenvalue weighted by molar-refractivity contribution is 6.05. The molecule has 0 radical (unpaired) electrons. The molecule has 2 N–H and O–H groups in total. The third-order valence-electron chi connectivity index (χ3n) is 9.90. The summed E-state index contributed by atoms with van der Waals surface area (Å²) in [6.45, 7) is 10.5. The lowest BCUT2D eigenvalue weighted by Crippen LogP contribution is -2.53. The summed E-state index contributed by atoms with van der Waals surface area (Å²) in [6, 6.07) is 4.26. The molecule has 234 valence electrons. The zero-order chi connectivity index (χ0) is 30.5. The molecule has 43 heavy (non-hydrogen) atoms. The largest absolute Gasteiger partial charge is 0.490 e. The first-order chi connectivity index (χ1) is 20.4. The fraction of sp³-hybridized carbons (Fsp3) is 0.688. The van der Waals surface area contributed by atoms with E-state index < -0.39 is 29.7 Å². The number of rotatable bonds is 5. The Bertz CT molecular complexity index is 1270. The van der Waals surface area contributed by atoms with Gasteiger partial charge in [-0.05, 0) is 108 Å². The van der Waals surface area contributed by atoms with Gasteiger partial charge in [-0.25, -0.2) is 4.79 Å². The Morgan fingerprint density at radius 3 is 2.40 bits per heavy atom. The number of fused-ring (bicyclic) bond motifs is 1. The Hall–Kier alpha value is -3.18. The number of hydrogen-bond acceptors (Lipinski definition) is 8. The van der Waals surface area contributed by atoms with Crippen molar-refractivity contribution in [2.24, 2.45) is 11.3 Å². The van der Waals surface area contributed by atoms with Crippen molar-refractivity contribution in [2.45, 2.75) is 96.1 Å². The Kier molecular flexibility index (Phi) is 7.91. The molecule has 4 amide bonds. The molecule has 11 heteroatoms. The van der Waals surface area contributed by atoms with E-state index >= 15 is 0 Å². The number of nitrogens with zero attached hydrogens (tertiary/aromatic N) is 3. The van der Waals surface area contributed by atoms with E-state index in [1.165, 1.54) is 4.90 Å². The molecule has 1 aromatic rings. The van der Waals surface area contributed by atoms with Gasteiger partial charge in [0, 0.05) is 37.2 Å². The number of ether oxygens (including phenoxy) is 2. The summed E-state index contributed by atoms with van der Waals surface area (Å²) >= 11 is 0. The van der Waals surface area contributed by atoms with Crippen LogP contribution in [-0.4, -0.2) is 94.1 Å². The average molecular weight is 597 g/mol. The molecule has 2 unspecified atom stereocenters. The summed E-state index contributed by atoms with van der Waals surface area (Å²) in [5.74, 6) is -0.102. The van der Waals surface area contributed by atoms with E-state index in [1.807, 2.05) is 25.7 Å². The van der Waals surface area contributed by atoms with Gasteiger partial charge in [-0.1, -0.05) is 0 Å². The van der Waals surface area contributed by atoms with Crippen molar-refractivity contribution in [2.75, 3.05) is 32.7 Å². The minimum Gasteiger partial charge on any atom is -0.490 e. The van der Waals surface area contributed by atoms with Crippen molar-refractivity contribution in [3.63, 3.8) is 0 Å². The van der Waals surface area contributed by atoms with Gasteiger partial charge in [0.15, 0.2) is 6.23 Å². The van der Waals surface area contributed by atoms with Crippen LogP contribution in [0.1, 0.15) is 94.3 Å². The van der Waals surface area contributed by atoms with Crippen LogP contribution in [0.3, 0.4) is 0 Å². The first-order valence-electron chi connectivity index (χ1n) is 15.8. The highest BCUT2D eigenvalue weighted by Gasteiger charge is 2.48. The van der Waals surface area contributed by atoms with Gasteiger partial charge >= 0.3 is 6.09 Å². The number of carbonyl (C=O) groups is 4. The molecule has 1 aliphatic carbocycles. The molecule has 1 aromatic carbocycles. The minimum absolute atomic E-state index is 0.0993. The quantitative estimate of drug-likeness (QED) is 0.496. The van der Waals surface area contributed by atoms with Gasteiger partial charge in [0.2, 0.25) is 11.8 Å². The van der Waals surface area contributed by atoms with Crippen LogP contribution in [0.5, 0.6) is 5.75 Å². The molecule has 2 atom stereocenters. The number of likely N-dealkylation sites (tertiary alicyclic amines) is 2. The Morgan fingerprint density at radius 1 is 1.05 bits per heavy atom. The third-order valence-corrected chi connectivity index (χ3v) is 9.90. The first kappa shape index (κ1) is 29.9. The summed E-state index contributed by atoms with van der Waals surface area (Å²) in [5, 5.41) is 13.2. The van der Waals surface area contributed by atoms with Crippen LogP contribution in [0.4, 0.5) is 4.79 Å². The number of nitrogens with one attached hydrogen (secondary N) is 1.